The minimum atomic E-state index is -0.556. The molecule has 2 N–H and O–H groups in total. The Morgan fingerprint density at radius 3 is 2.77 bits per heavy atom. The Labute approximate surface area is 157 Å². The van der Waals surface area contributed by atoms with E-state index in [-0.39, 0.29) is 28.1 Å². The van der Waals surface area contributed by atoms with Crippen molar-refractivity contribution in [1.29, 1.82) is 0 Å². The van der Waals surface area contributed by atoms with Crippen LogP contribution >= 0.6 is 23.4 Å². The minimum absolute atomic E-state index is 0.0328. The summed E-state index contributed by atoms with van der Waals surface area (Å²) in [6.45, 7) is 0. The van der Waals surface area contributed by atoms with Crippen molar-refractivity contribution in [2.24, 2.45) is 0 Å². The molecule has 0 unspecified atom stereocenters. The Bertz CT molecular complexity index is 948. The Morgan fingerprint density at radius 1 is 1.27 bits per heavy atom. The first-order chi connectivity index (χ1) is 12.5. The number of nitro benzene ring substituents is 1. The van der Waals surface area contributed by atoms with Crippen molar-refractivity contribution in [2.75, 3.05) is 11.1 Å². The number of hydrogen-bond acceptors (Lipinski definition) is 6. The van der Waals surface area contributed by atoms with Crippen LogP contribution < -0.4 is 5.32 Å². The van der Waals surface area contributed by atoms with Gasteiger partial charge in [-0.2, -0.15) is 0 Å². The Kier molecular flexibility index (Phi) is 5.49. The van der Waals surface area contributed by atoms with E-state index in [0.29, 0.717) is 11.0 Å². The lowest BCUT2D eigenvalue weighted by Gasteiger charge is -2.06. The highest BCUT2D eigenvalue weighted by atomic mass is 35.5. The van der Waals surface area contributed by atoms with Gasteiger partial charge in [0.2, 0.25) is 11.1 Å². The second kappa shape index (κ2) is 7.98. The molecule has 0 aliphatic heterocycles. The average Bonchev–Trinajstić information content (AvgIpc) is 3.11. The van der Waals surface area contributed by atoms with Crippen molar-refractivity contribution >= 4 is 40.6 Å². The second-order valence-corrected chi connectivity index (χ2v) is 6.44. The van der Waals surface area contributed by atoms with Crippen LogP contribution in [-0.4, -0.2) is 31.8 Å². The highest BCUT2D eigenvalue weighted by Gasteiger charge is 2.13. The predicted molar refractivity (Wildman–Crippen MR) is 99.3 cm³/mol. The van der Waals surface area contributed by atoms with Crippen LogP contribution in [0.3, 0.4) is 0 Å². The molecule has 8 nitrogen and oxygen atoms in total. The molecule has 1 heterocycles. The molecule has 0 spiro atoms. The fourth-order valence-corrected chi connectivity index (χ4v) is 2.84. The van der Waals surface area contributed by atoms with Gasteiger partial charge in [-0.3, -0.25) is 20.0 Å². The number of anilines is 1. The summed E-state index contributed by atoms with van der Waals surface area (Å²) >= 11 is 7.10. The van der Waals surface area contributed by atoms with E-state index in [2.05, 4.69) is 20.5 Å². The Balaban J connectivity index is 1.61. The number of halogens is 1. The first-order valence-electron chi connectivity index (χ1n) is 7.37. The minimum Gasteiger partial charge on any atom is -0.324 e. The number of rotatable bonds is 6. The van der Waals surface area contributed by atoms with Gasteiger partial charge in [0, 0.05) is 17.7 Å². The van der Waals surface area contributed by atoms with Crippen LogP contribution in [0, 0.1) is 10.1 Å². The number of H-pyrrole nitrogens is 1. The SMILES string of the molecule is O=C(CSc1n[nH]c(-c2ccccc2)n1)Nc1cc([N+](=O)[O-])ccc1Cl. The molecule has 0 radical (unpaired) electrons. The summed E-state index contributed by atoms with van der Waals surface area (Å²) in [6.07, 6.45) is 0. The van der Waals surface area contributed by atoms with E-state index in [1.807, 2.05) is 30.3 Å². The maximum Gasteiger partial charge on any atom is 0.271 e. The smallest absolute Gasteiger partial charge is 0.271 e. The zero-order valence-electron chi connectivity index (χ0n) is 13.2. The van der Waals surface area contributed by atoms with Crippen LogP contribution in [0.5, 0.6) is 0 Å². The molecule has 0 saturated carbocycles. The Morgan fingerprint density at radius 2 is 2.04 bits per heavy atom. The number of carbonyl (C=O) groups excluding carboxylic acids is 1. The second-order valence-electron chi connectivity index (χ2n) is 5.09. The maximum atomic E-state index is 12.1. The molecule has 1 amide bonds. The third kappa shape index (κ3) is 4.38. The van der Waals surface area contributed by atoms with Crippen molar-refractivity contribution in [3.05, 3.63) is 63.7 Å². The van der Waals surface area contributed by atoms with E-state index in [1.54, 1.807) is 0 Å². The first-order valence-corrected chi connectivity index (χ1v) is 8.73. The largest absolute Gasteiger partial charge is 0.324 e. The van der Waals surface area contributed by atoms with Gasteiger partial charge in [0.25, 0.3) is 5.69 Å². The van der Waals surface area contributed by atoms with Crippen LogP contribution in [0.15, 0.2) is 53.7 Å². The molecule has 0 atom stereocenters. The lowest BCUT2D eigenvalue weighted by Crippen LogP contribution is -2.14. The standard InChI is InChI=1S/C16H12ClN5O3S/c17-12-7-6-11(22(24)25)8-13(12)18-14(23)9-26-16-19-15(20-21-16)10-4-2-1-3-5-10/h1-8H,9H2,(H,18,23)(H,19,20,21). The number of nitro groups is 1. The van der Waals surface area contributed by atoms with Crippen LogP contribution in [0.25, 0.3) is 11.4 Å². The molecule has 132 valence electrons. The van der Waals surface area contributed by atoms with E-state index in [4.69, 9.17) is 11.6 Å². The topological polar surface area (TPSA) is 114 Å². The lowest BCUT2D eigenvalue weighted by molar-refractivity contribution is -0.384. The third-order valence-electron chi connectivity index (χ3n) is 3.28. The highest BCUT2D eigenvalue weighted by Crippen LogP contribution is 2.27. The van der Waals surface area contributed by atoms with Crippen molar-refractivity contribution in [3.8, 4) is 11.4 Å². The molecule has 10 heteroatoms. The van der Waals surface area contributed by atoms with Crippen LogP contribution in [-0.2, 0) is 4.79 Å². The number of benzene rings is 2. The summed E-state index contributed by atoms with van der Waals surface area (Å²) < 4.78 is 0. The number of hydrogen-bond donors (Lipinski definition) is 2. The summed E-state index contributed by atoms with van der Waals surface area (Å²) in [5.74, 6) is 0.268. The quantitative estimate of drug-likeness (QED) is 0.377. The summed E-state index contributed by atoms with van der Waals surface area (Å²) in [7, 11) is 0. The summed E-state index contributed by atoms with van der Waals surface area (Å²) in [5, 5.41) is 20.9. The number of nitrogens with one attached hydrogen (secondary N) is 2. The number of nitrogens with zero attached hydrogens (tertiary/aromatic N) is 3. The monoisotopic (exact) mass is 389 g/mol. The van der Waals surface area contributed by atoms with Gasteiger partial charge >= 0.3 is 0 Å². The molecule has 1 aromatic heterocycles. The van der Waals surface area contributed by atoms with E-state index >= 15 is 0 Å². The average molecular weight is 390 g/mol. The van der Waals surface area contributed by atoms with Gasteiger partial charge in [-0.15, -0.1) is 5.10 Å². The summed E-state index contributed by atoms with van der Waals surface area (Å²) in [5.41, 5.74) is 0.921. The van der Waals surface area contributed by atoms with E-state index in [9.17, 15) is 14.9 Å². The molecule has 0 saturated heterocycles. The normalized spacial score (nSPS) is 10.5. The lowest BCUT2D eigenvalue weighted by atomic mass is 10.2. The van der Waals surface area contributed by atoms with E-state index in [1.165, 1.54) is 18.2 Å². The number of carbonyl (C=O) groups is 1. The molecule has 2 aromatic carbocycles. The van der Waals surface area contributed by atoms with Crippen molar-refractivity contribution in [2.45, 2.75) is 5.16 Å². The van der Waals surface area contributed by atoms with Gasteiger partial charge in [0.15, 0.2) is 5.82 Å². The molecule has 0 fully saturated rings. The van der Waals surface area contributed by atoms with Gasteiger partial charge in [-0.05, 0) is 6.07 Å². The molecule has 0 aliphatic carbocycles. The number of aromatic nitrogens is 3. The van der Waals surface area contributed by atoms with Crippen LogP contribution in [0.2, 0.25) is 5.02 Å². The van der Waals surface area contributed by atoms with Crippen LogP contribution in [0.4, 0.5) is 11.4 Å². The molecule has 3 rings (SSSR count). The van der Waals surface area contributed by atoms with Crippen molar-refractivity contribution < 1.29 is 9.72 Å². The Hall–Kier alpha value is -2.91. The third-order valence-corrected chi connectivity index (χ3v) is 4.46. The summed E-state index contributed by atoms with van der Waals surface area (Å²) in [6, 6.07) is 13.3. The fraction of sp³-hybridized carbons (Fsp3) is 0.0625. The summed E-state index contributed by atoms with van der Waals surface area (Å²) in [4.78, 5) is 26.6. The number of aromatic amines is 1. The molecule has 3 aromatic rings. The van der Waals surface area contributed by atoms with Gasteiger partial charge in [0.1, 0.15) is 0 Å². The van der Waals surface area contributed by atoms with Crippen molar-refractivity contribution in [3.63, 3.8) is 0 Å². The van der Waals surface area contributed by atoms with Gasteiger partial charge in [-0.1, -0.05) is 53.7 Å². The zero-order chi connectivity index (χ0) is 18.5. The fourth-order valence-electron chi connectivity index (χ4n) is 2.08. The van der Waals surface area contributed by atoms with E-state index in [0.717, 1.165) is 17.3 Å². The number of amides is 1. The van der Waals surface area contributed by atoms with Gasteiger partial charge in [0.05, 0.1) is 21.4 Å². The predicted octanol–water partition coefficient (Wildman–Crippen LogP) is 3.76. The van der Waals surface area contributed by atoms with Crippen molar-refractivity contribution in [1.82, 2.24) is 15.2 Å². The highest BCUT2D eigenvalue weighted by molar-refractivity contribution is 7.99. The molecule has 26 heavy (non-hydrogen) atoms. The number of non-ortho nitro benzene ring substituents is 1. The maximum absolute atomic E-state index is 12.1. The first kappa shape index (κ1) is 17.9. The zero-order valence-corrected chi connectivity index (χ0v) is 14.8. The van der Waals surface area contributed by atoms with E-state index < -0.39 is 4.92 Å². The molecule has 0 bridgehead atoms. The van der Waals surface area contributed by atoms with Crippen LogP contribution in [0.1, 0.15) is 0 Å². The molecule has 0 aliphatic rings. The molecular weight excluding hydrogens is 378 g/mol. The molecular formula is C16H12ClN5O3S. The van der Waals surface area contributed by atoms with Gasteiger partial charge in [-0.25, -0.2) is 4.98 Å². The number of thioether (sulfide) groups is 1. The van der Waals surface area contributed by atoms with Gasteiger partial charge < -0.3 is 5.32 Å².